The van der Waals surface area contributed by atoms with Gasteiger partial charge in [0.05, 0.1) is 16.0 Å². The number of fused-ring (bicyclic) bond motifs is 3. The monoisotopic (exact) mass is 499 g/mol. The molecule has 8 nitrogen and oxygen atoms in total. The highest BCUT2D eigenvalue weighted by Crippen LogP contribution is 2.29. The molecule has 33 heavy (non-hydrogen) atoms. The zero-order valence-corrected chi connectivity index (χ0v) is 20.0. The molecule has 1 amide bonds. The number of carbonyl (C=O) groups excluding carboxylic acids is 1. The standard InChI is InChI=1S/C22H21N5O3S3/c28-20(16-31-21-23-24-22-27(21)18-8-4-5-9-19(18)32-22)25-11-13-26(14-12-25)33(29,30)15-10-17-6-2-1-3-7-17/h1-10,15H,11-14,16H2/b15-10+. The Morgan fingerprint density at radius 3 is 2.52 bits per heavy atom. The van der Waals surface area contributed by atoms with Crippen LogP contribution in [0.2, 0.25) is 0 Å². The lowest BCUT2D eigenvalue weighted by Crippen LogP contribution is -2.50. The minimum atomic E-state index is -3.53. The van der Waals surface area contributed by atoms with E-state index in [1.54, 1.807) is 22.3 Å². The number of thiazole rings is 1. The van der Waals surface area contributed by atoms with Gasteiger partial charge in [-0.15, -0.1) is 10.2 Å². The molecule has 1 aliphatic rings. The first-order chi connectivity index (χ1) is 16.0. The van der Waals surface area contributed by atoms with Gasteiger partial charge in [-0.2, -0.15) is 4.31 Å². The predicted octanol–water partition coefficient (Wildman–Crippen LogP) is 3.18. The van der Waals surface area contributed by atoms with E-state index in [0.717, 1.165) is 20.7 Å². The smallest absolute Gasteiger partial charge is 0.236 e. The van der Waals surface area contributed by atoms with E-state index < -0.39 is 10.0 Å². The maximum Gasteiger partial charge on any atom is 0.236 e. The quantitative estimate of drug-likeness (QED) is 0.379. The number of amides is 1. The molecule has 0 radical (unpaired) electrons. The molecule has 0 saturated carbocycles. The normalized spacial score (nSPS) is 15.7. The molecule has 0 N–H and O–H groups in total. The minimum Gasteiger partial charge on any atom is -0.339 e. The average Bonchev–Trinajstić information content (AvgIpc) is 3.41. The van der Waals surface area contributed by atoms with Gasteiger partial charge in [0.25, 0.3) is 0 Å². The van der Waals surface area contributed by atoms with Crippen LogP contribution in [0.25, 0.3) is 21.3 Å². The fourth-order valence-corrected chi connectivity index (χ4v) is 6.72. The molecule has 2 aromatic carbocycles. The number of piperazine rings is 1. The van der Waals surface area contributed by atoms with Crippen LogP contribution < -0.4 is 0 Å². The zero-order valence-electron chi connectivity index (χ0n) is 17.6. The summed E-state index contributed by atoms with van der Waals surface area (Å²) in [5.41, 5.74) is 1.85. The van der Waals surface area contributed by atoms with Gasteiger partial charge >= 0.3 is 0 Å². The van der Waals surface area contributed by atoms with Crippen LogP contribution in [0.5, 0.6) is 0 Å². The average molecular weight is 500 g/mol. The number of hydrogen-bond donors (Lipinski definition) is 0. The molecular weight excluding hydrogens is 478 g/mol. The molecule has 0 aliphatic carbocycles. The summed E-state index contributed by atoms with van der Waals surface area (Å²) in [6.07, 6.45) is 1.59. The molecule has 1 fully saturated rings. The molecule has 0 unspecified atom stereocenters. The zero-order chi connectivity index (χ0) is 22.8. The third kappa shape index (κ3) is 4.67. The number of sulfonamides is 1. The Morgan fingerprint density at radius 2 is 1.73 bits per heavy atom. The Kier molecular flexibility index (Phi) is 6.19. The predicted molar refractivity (Wildman–Crippen MR) is 132 cm³/mol. The molecule has 1 saturated heterocycles. The van der Waals surface area contributed by atoms with Crippen LogP contribution >= 0.6 is 23.1 Å². The molecule has 4 aromatic rings. The Morgan fingerprint density at radius 1 is 1.00 bits per heavy atom. The SMILES string of the molecule is O=C(CSc1nnc2sc3ccccc3n12)N1CCN(S(=O)(=O)/C=C/c2ccccc2)CC1. The van der Waals surface area contributed by atoms with E-state index >= 15 is 0 Å². The number of benzene rings is 2. The van der Waals surface area contributed by atoms with Crippen molar-refractivity contribution < 1.29 is 13.2 Å². The van der Waals surface area contributed by atoms with Crippen LogP contribution in [0, 0.1) is 0 Å². The van der Waals surface area contributed by atoms with Crippen molar-refractivity contribution in [3.05, 3.63) is 65.6 Å². The van der Waals surface area contributed by atoms with Gasteiger partial charge in [-0.25, -0.2) is 8.42 Å². The van der Waals surface area contributed by atoms with Gasteiger partial charge in [-0.05, 0) is 23.8 Å². The van der Waals surface area contributed by atoms with Crippen LogP contribution in [0.3, 0.4) is 0 Å². The van der Waals surface area contributed by atoms with Crippen LogP contribution in [-0.2, 0) is 14.8 Å². The van der Waals surface area contributed by atoms with Gasteiger partial charge in [0.1, 0.15) is 0 Å². The Balaban J connectivity index is 1.18. The Hall–Kier alpha value is -2.73. The van der Waals surface area contributed by atoms with Crippen LogP contribution in [0.4, 0.5) is 0 Å². The number of thioether (sulfide) groups is 1. The van der Waals surface area contributed by atoms with Crippen molar-refractivity contribution in [3.63, 3.8) is 0 Å². The topological polar surface area (TPSA) is 87.9 Å². The largest absolute Gasteiger partial charge is 0.339 e. The van der Waals surface area contributed by atoms with E-state index in [4.69, 9.17) is 0 Å². The summed E-state index contributed by atoms with van der Waals surface area (Å²) < 4.78 is 29.8. The van der Waals surface area contributed by atoms with Crippen molar-refractivity contribution in [3.8, 4) is 0 Å². The van der Waals surface area contributed by atoms with E-state index in [2.05, 4.69) is 10.2 Å². The van der Waals surface area contributed by atoms with Crippen LogP contribution in [0.15, 0.2) is 65.2 Å². The first kappa shape index (κ1) is 22.1. The molecule has 2 aromatic heterocycles. The lowest BCUT2D eigenvalue weighted by Gasteiger charge is -2.33. The molecule has 1 aliphatic heterocycles. The minimum absolute atomic E-state index is 0.0341. The van der Waals surface area contributed by atoms with Gasteiger partial charge in [0.15, 0.2) is 5.16 Å². The van der Waals surface area contributed by atoms with E-state index in [1.165, 1.54) is 21.5 Å². The van der Waals surface area contributed by atoms with Crippen LogP contribution in [-0.4, -0.2) is 70.1 Å². The molecule has 0 atom stereocenters. The molecule has 3 heterocycles. The van der Waals surface area contributed by atoms with Crippen molar-refractivity contribution >= 4 is 60.3 Å². The Bertz CT molecular complexity index is 1420. The third-order valence-corrected chi connectivity index (χ3v) is 8.91. The maximum absolute atomic E-state index is 12.8. The summed E-state index contributed by atoms with van der Waals surface area (Å²) in [6, 6.07) is 17.3. The lowest BCUT2D eigenvalue weighted by molar-refractivity contribution is -0.129. The molecular formula is C22H21N5O3S3. The van der Waals surface area contributed by atoms with E-state index in [-0.39, 0.29) is 24.7 Å². The van der Waals surface area contributed by atoms with Gasteiger partial charge in [-0.3, -0.25) is 9.20 Å². The highest BCUT2D eigenvalue weighted by molar-refractivity contribution is 7.99. The first-order valence-corrected chi connectivity index (χ1v) is 13.7. The lowest BCUT2D eigenvalue weighted by atomic mass is 10.2. The van der Waals surface area contributed by atoms with E-state index in [1.807, 2.05) is 59.0 Å². The summed E-state index contributed by atoms with van der Waals surface area (Å²) in [7, 11) is -3.53. The fraction of sp³-hybridized carbons (Fsp3) is 0.227. The maximum atomic E-state index is 12.8. The number of carbonyl (C=O) groups is 1. The highest BCUT2D eigenvalue weighted by atomic mass is 32.2. The second-order valence-corrected chi connectivity index (χ2v) is 11.3. The number of aromatic nitrogens is 3. The molecule has 5 rings (SSSR count). The molecule has 170 valence electrons. The number of nitrogens with zero attached hydrogens (tertiary/aromatic N) is 5. The second kappa shape index (κ2) is 9.26. The summed E-state index contributed by atoms with van der Waals surface area (Å²) in [5, 5.41) is 10.4. The molecule has 0 spiro atoms. The van der Waals surface area contributed by atoms with Crippen molar-refractivity contribution in [1.82, 2.24) is 23.8 Å². The van der Waals surface area contributed by atoms with E-state index in [0.29, 0.717) is 18.2 Å². The summed E-state index contributed by atoms with van der Waals surface area (Å²) in [4.78, 5) is 15.3. The van der Waals surface area contributed by atoms with E-state index in [9.17, 15) is 13.2 Å². The van der Waals surface area contributed by atoms with Gasteiger partial charge in [0.2, 0.25) is 20.9 Å². The van der Waals surface area contributed by atoms with Crippen LogP contribution in [0.1, 0.15) is 5.56 Å². The first-order valence-electron chi connectivity index (χ1n) is 10.4. The number of para-hydroxylation sites is 1. The van der Waals surface area contributed by atoms with Gasteiger partial charge in [0, 0.05) is 31.6 Å². The Labute approximate surface area is 199 Å². The number of hydrogen-bond acceptors (Lipinski definition) is 7. The van der Waals surface area contributed by atoms with Crippen molar-refractivity contribution in [2.24, 2.45) is 0 Å². The number of rotatable bonds is 6. The van der Waals surface area contributed by atoms with Gasteiger partial charge < -0.3 is 4.90 Å². The van der Waals surface area contributed by atoms with Gasteiger partial charge in [-0.1, -0.05) is 65.6 Å². The van der Waals surface area contributed by atoms with Crippen molar-refractivity contribution in [2.45, 2.75) is 5.16 Å². The van der Waals surface area contributed by atoms with Crippen molar-refractivity contribution in [2.75, 3.05) is 31.9 Å². The molecule has 11 heteroatoms. The fourth-order valence-electron chi connectivity index (χ4n) is 3.67. The second-order valence-electron chi connectivity index (χ2n) is 7.50. The highest BCUT2D eigenvalue weighted by Gasteiger charge is 2.27. The summed E-state index contributed by atoms with van der Waals surface area (Å²) in [5.74, 6) is 0.194. The molecule has 0 bridgehead atoms. The van der Waals surface area contributed by atoms with Crippen molar-refractivity contribution in [1.29, 1.82) is 0 Å². The third-order valence-electron chi connectivity index (χ3n) is 5.42. The summed E-state index contributed by atoms with van der Waals surface area (Å²) in [6.45, 7) is 1.30. The summed E-state index contributed by atoms with van der Waals surface area (Å²) >= 11 is 2.91.